The largest absolute Gasteiger partial charge is 0.493 e. The van der Waals surface area contributed by atoms with E-state index in [4.69, 9.17) is 21.1 Å². The summed E-state index contributed by atoms with van der Waals surface area (Å²) in [5.41, 5.74) is 5.18. The van der Waals surface area contributed by atoms with E-state index in [1.807, 2.05) is 41.3 Å². The fraction of sp³-hybridized carbons (Fsp3) is 0.367. The molecule has 4 rings (SSSR count). The van der Waals surface area contributed by atoms with Crippen LogP contribution in [0.4, 0.5) is 5.69 Å². The first-order valence-electron chi connectivity index (χ1n) is 12.4. The van der Waals surface area contributed by atoms with Crippen molar-refractivity contribution in [2.45, 2.75) is 52.5 Å². The number of carbonyl (C=O) groups is 1. The van der Waals surface area contributed by atoms with Crippen LogP contribution < -0.4 is 14.4 Å². The highest BCUT2D eigenvalue weighted by Gasteiger charge is 2.36. The molecule has 3 aromatic carbocycles. The average molecular weight is 492 g/mol. The molecule has 1 aliphatic rings. The molecule has 0 bridgehead atoms. The van der Waals surface area contributed by atoms with E-state index < -0.39 is 0 Å². The highest BCUT2D eigenvalue weighted by atomic mass is 35.5. The molecule has 0 fully saturated rings. The van der Waals surface area contributed by atoms with Crippen LogP contribution in [0, 0.1) is 5.92 Å². The van der Waals surface area contributed by atoms with Gasteiger partial charge in [0.15, 0.2) is 11.5 Å². The van der Waals surface area contributed by atoms with E-state index in [1.165, 1.54) is 5.56 Å². The third-order valence-corrected chi connectivity index (χ3v) is 6.71. The first kappa shape index (κ1) is 25.1. The van der Waals surface area contributed by atoms with Crippen LogP contribution in [-0.2, 0) is 17.6 Å². The Morgan fingerprint density at radius 2 is 1.74 bits per heavy atom. The van der Waals surface area contributed by atoms with Crippen LogP contribution in [0.2, 0.25) is 5.02 Å². The van der Waals surface area contributed by atoms with Gasteiger partial charge in [-0.2, -0.15) is 0 Å². The Labute approximate surface area is 213 Å². The Morgan fingerprint density at radius 1 is 1.03 bits per heavy atom. The van der Waals surface area contributed by atoms with Crippen molar-refractivity contribution in [3.8, 4) is 11.5 Å². The fourth-order valence-electron chi connectivity index (χ4n) is 4.59. The predicted molar refractivity (Wildman–Crippen MR) is 143 cm³/mol. The number of nitrogens with zero attached hydrogens (tertiary/aromatic N) is 1. The highest BCUT2D eigenvalue weighted by molar-refractivity contribution is 6.30. The van der Waals surface area contributed by atoms with Gasteiger partial charge in [-0.3, -0.25) is 4.79 Å². The van der Waals surface area contributed by atoms with Gasteiger partial charge in [-0.25, -0.2) is 0 Å². The number of rotatable bonds is 9. The first-order chi connectivity index (χ1) is 16.9. The van der Waals surface area contributed by atoms with Crippen molar-refractivity contribution in [3.63, 3.8) is 0 Å². The minimum Gasteiger partial charge on any atom is -0.493 e. The standard InChI is InChI=1S/C30H34ClNO3/c1-5-16-35-28-19-26-23(17-27(28)34-4)18-29(33)32(30(26)22-10-12-24(31)13-11-22)25-14-8-21(9-15-25)7-6-20(2)3/h8-15,17,19-20,30H,5-7,16,18H2,1-4H3. The third kappa shape index (κ3) is 5.65. The summed E-state index contributed by atoms with van der Waals surface area (Å²) in [6.45, 7) is 7.15. The lowest BCUT2D eigenvalue weighted by Crippen LogP contribution is -2.41. The maximum Gasteiger partial charge on any atom is 0.232 e. The number of benzene rings is 3. The molecule has 3 aromatic rings. The van der Waals surface area contributed by atoms with E-state index in [-0.39, 0.29) is 11.9 Å². The van der Waals surface area contributed by atoms with E-state index in [9.17, 15) is 4.79 Å². The summed E-state index contributed by atoms with van der Waals surface area (Å²) in [7, 11) is 1.63. The van der Waals surface area contributed by atoms with Crippen LogP contribution in [0.1, 0.15) is 61.9 Å². The molecule has 5 heteroatoms. The zero-order chi connectivity index (χ0) is 24.9. The smallest absolute Gasteiger partial charge is 0.232 e. The summed E-state index contributed by atoms with van der Waals surface area (Å²) in [6, 6.07) is 19.9. The van der Waals surface area contributed by atoms with Crippen LogP contribution in [0.5, 0.6) is 11.5 Å². The average Bonchev–Trinajstić information content (AvgIpc) is 2.86. The summed E-state index contributed by atoms with van der Waals surface area (Å²) in [6.07, 6.45) is 3.38. The van der Waals surface area contributed by atoms with Crippen molar-refractivity contribution < 1.29 is 14.3 Å². The van der Waals surface area contributed by atoms with E-state index in [0.717, 1.165) is 41.6 Å². The minimum atomic E-state index is -0.292. The Hall–Kier alpha value is -2.98. The number of fused-ring (bicyclic) bond motifs is 1. The lowest BCUT2D eigenvalue weighted by molar-refractivity contribution is -0.118. The summed E-state index contributed by atoms with van der Waals surface area (Å²) < 4.78 is 11.6. The summed E-state index contributed by atoms with van der Waals surface area (Å²) in [5, 5.41) is 0.666. The molecule has 0 saturated heterocycles. The van der Waals surface area contributed by atoms with Crippen molar-refractivity contribution in [2.75, 3.05) is 18.6 Å². The van der Waals surface area contributed by atoms with E-state index in [1.54, 1.807) is 7.11 Å². The van der Waals surface area contributed by atoms with E-state index in [0.29, 0.717) is 35.5 Å². The van der Waals surface area contributed by atoms with Gasteiger partial charge in [-0.15, -0.1) is 0 Å². The van der Waals surface area contributed by atoms with Crippen LogP contribution in [-0.4, -0.2) is 19.6 Å². The quantitative estimate of drug-likeness (QED) is 0.313. The molecule has 1 heterocycles. The Kier molecular flexibility index (Phi) is 8.02. The number of ether oxygens (including phenoxy) is 2. The Balaban J connectivity index is 1.80. The van der Waals surface area contributed by atoms with Gasteiger partial charge in [0, 0.05) is 10.7 Å². The van der Waals surface area contributed by atoms with Crippen molar-refractivity contribution in [1.82, 2.24) is 0 Å². The van der Waals surface area contributed by atoms with Crippen molar-refractivity contribution in [1.29, 1.82) is 0 Å². The van der Waals surface area contributed by atoms with E-state index in [2.05, 4.69) is 45.0 Å². The third-order valence-electron chi connectivity index (χ3n) is 6.46. The highest BCUT2D eigenvalue weighted by Crippen LogP contribution is 2.43. The van der Waals surface area contributed by atoms with Crippen LogP contribution in [0.3, 0.4) is 0 Å². The van der Waals surface area contributed by atoms with Gasteiger partial charge in [-0.05, 0) is 83.8 Å². The molecule has 184 valence electrons. The molecule has 35 heavy (non-hydrogen) atoms. The van der Waals surface area contributed by atoms with Crippen molar-refractivity contribution in [2.24, 2.45) is 5.92 Å². The summed E-state index contributed by atoms with van der Waals surface area (Å²) in [4.78, 5) is 15.5. The van der Waals surface area contributed by atoms with Crippen molar-refractivity contribution >= 4 is 23.2 Å². The molecule has 0 aromatic heterocycles. The number of carbonyl (C=O) groups excluding carboxylic acids is 1. The summed E-state index contributed by atoms with van der Waals surface area (Å²) >= 11 is 6.21. The van der Waals surface area contributed by atoms with Gasteiger partial charge >= 0.3 is 0 Å². The lowest BCUT2D eigenvalue weighted by atomic mass is 9.86. The second-order valence-corrected chi connectivity index (χ2v) is 9.98. The van der Waals surface area contributed by atoms with Crippen molar-refractivity contribution in [3.05, 3.63) is 87.9 Å². The molecule has 4 nitrogen and oxygen atoms in total. The SMILES string of the molecule is CCCOc1cc2c(cc1OC)CC(=O)N(c1ccc(CCC(C)C)cc1)C2c1ccc(Cl)cc1. The van der Waals surface area contributed by atoms with Crippen LogP contribution >= 0.6 is 11.6 Å². The van der Waals surface area contributed by atoms with Gasteiger partial charge in [0.25, 0.3) is 0 Å². The molecule has 0 aliphatic carbocycles. The molecule has 0 saturated carbocycles. The predicted octanol–water partition coefficient (Wildman–Crippen LogP) is 7.40. The molecule has 1 atom stereocenters. The molecule has 0 N–H and O–H groups in total. The number of hydrogen-bond donors (Lipinski definition) is 0. The zero-order valence-electron chi connectivity index (χ0n) is 21.0. The van der Waals surface area contributed by atoms with Crippen LogP contribution in [0.25, 0.3) is 0 Å². The number of aryl methyl sites for hydroxylation is 1. The fourth-order valence-corrected chi connectivity index (χ4v) is 4.71. The Bertz CT molecular complexity index is 1160. The maximum absolute atomic E-state index is 13.6. The molecular formula is C30H34ClNO3. The van der Waals surface area contributed by atoms with Crippen LogP contribution in [0.15, 0.2) is 60.7 Å². The normalized spacial score (nSPS) is 15.3. The lowest BCUT2D eigenvalue weighted by Gasteiger charge is -2.38. The van der Waals surface area contributed by atoms with Gasteiger partial charge in [-0.1, -0.05) is 56.6 Å². The molecule has 1 amide bonds. The Morgan fingerprint density at radius 3 is 2.37 bits per heavy atom. The maximum atomic E-state index is 13.6. The second kappa shape index (κ2) is 11.2. The molecule has 0 spiro atoms. The number of anilines is 1. The summed E-state index contributed by atoms with van der Waals surface area (Å²) in [5.74, 6) is 2.06. The number of halogens is 1. The monoisotopic (exact) mass is 491 g/mol. The molecule has 0 radical (unpaired) electrons. The van der Waals surface area contributed by atoms with E-state index >= 15 is 0 Å². The molecule has 1 unspecified atom stereocenters. The number of methoxy groups -OCH3 is 1. The number of amides is 1. The van der Waals surface area contributed by atoms with Gasteiger partial charge in [0.05, 0.1) is 26.2 Å². The van der Waals surface area contributed by atoms with Gasteiger partial charge in [0.2, 0.25) is 5.91 Å². The zero-order valence-corrected chi connectivity index (χ0v) is 21.8. The van der Waals surface area contributed by atoms with Gasteiger partial charge < -0.3 is 14.4 Å². The van der Waals surface area contributed by atoms with Gasteiger partial charge in [0.1, 0.15) is 0 Å². The first-order valence-corrected chi connectivity index (χ1v) is 12.8. The molecular weight excluding hydrogens is 458 g/mol. The molecule has 1 aliphatic heterocycles. The second-order valence-electron chi connectivity index (χ2n) is 9.54. The minimum absolute atomic E-state index is 0.0525. The topological polar surface area (TPSA) is 38.8 Å². The number of hydrogen-bond acceptors (Lipinski definition) is 3.